The molecular weight excluding hydrogens is 280 g/mol. The van der Waals surface area contributed by atoms with Crippen LogP contribution >= 0.6 is 0 Å². The van der Waals surface area contributed by atoms with Gasteiger partial charge in [-0.2, -0.15) is 26.3 Å². The SMILES string of the molecule is CCC(CC)N(CC(F)(F)F)C(=O)OCC(F)(F)F. The largest absolute Gasteiger partial charge is 0.440 e. The van der Waals surface area contributed by atoms with Crippen molar-refractivity contribution in [3.63, 3.8) is 0 Å². The Balaban J connectivity index is 4.77. The predicted molar refractivity (Wildman–Crippen MR) is 54.5 cm³/mol. The Labute approximate surface area is 106 Å². The monoisotopic (exact) mass is 295 g/mol. The van der Waals surface area contributed by atoms with Gasteiger partial charge in [0.05, 0.1) is 0 Å². The molecule has 0 spiro atoms. The summed E-state index contributed by atoms with van der Waals surface area (Å²) in [4.78, 5) is 11.6. The molecule has 3 nitrogen and oxygen atoms in total. The second-order valence-electron chi connectivity index (χ2n) is 3.88. The maximum atomic E-state index is 12.3. The molecule has 1 amide bonds. The molecule has 114 valence electrons. The van der Waals surface area contributed by atoms with Crippen molar-refractivity contribution in [1.82, 2.24) is 4.90 Å². The van der Waals surface area contributed by atoms with Crippen molar-refractivity contribution in [2.75, 3.05) is 13.2 Å². The maximum Gasteiger partial charge on any atom is 0.422 e. The molecule has 0 rings (SSSR count). The van der Waals surface area contributed by atoms with Crippen molar-refractivity contribution in [3.05, 3.63) is 0 Å². The van der Waals surface area contributed by atoms with Crippen molar-refractivity contribution >= 4 is 6.09 Å². The van der Waals surface area contributed by atoms with Crippen LogP contribution in [0.4, 0.5) is 31.1 Å². The van der Waals surface area contributed by atoms with Crippen LogP contribution in [-0.4, -0.2) is 42.5 Å². The minimum atomic E-state index is -4.77. The lowest BCUT2D eigenvalue weighted by atomic mass is 10.1. The van der Waals surface area contributed by atoms with Crippen LogP contribution in [0.2, 0.25) is 0 Å². The van der Waals surface area contributed by atoms with E-state index in [1.807, 2.05) is 0 Å². The molecule has 0 bridgehead atoms. The van der Waals surface area contributed by atoms with E-state index in [-0.39, 0.29) is 17.7 Å². The molecule has 0 aromatic heterocycles. The van der Waals surface area contributed by atoms with Gasteiger partial charge in [-0.25, -0.2) is 4.79 Å². The summed E-state index contributed by atoms with van der Waals surface area (Å²) in [5.74, 6) is 0. The molecule has 0 heterocycles. The first-order valence-corrected chi connectivity index (χ1v) is 5.57. The first kappa shape index (κ1) is 17.8. The minimum absolute atomic E-state index is 0.188. The van der Waals surface area contributed by atoms with E-state index in [0.29, 0.717) is 0 Å². The standard InChI is InChI=1S/C10H15F6NO2/c1-3-7(4-2)17(5-9(11,12)13)8(18)19-6-10(14,15)16/h7H,3-6H2,1-2H3. The molecule has 19 heavy (non-hydrogen) atoms. The van der Waals surface area contributed by atoms with Gasteiger partial charge < -0.3 is 4.74 Å². The molecule has 0 saturated carbocycles. The van der Waals surface area contributed by atoms with E-state index in [0.717, 1.165) is 0 Å². The number of rotatable bonds is 5. The molecular formula is C10H15F6NO2. The first-order chi connectivity index (χ1) is 8.50. The zero-order chi connectivity index (χ0) is 15.3. The third kappa shape index (κ3) is 7.78. The number of halogens is 6. The van der Waals surface area contributed by atoms with Crippen molar-refractivity contribution in [2.24, 2.45) is 0 Å². The van der Waals surface area contributed by atoms with Gasteiger partial charge in [0.15, 0.2) is 6.61 Å². The lowest BCUT2D eigenvalue weighted by Gasteiger charge is -2.30. The molecule has 0 atom stereocenters. The summed E-state index contributed by atoms with van der Waals surface area (Å²) in [5, 5.41) is 0. The highest BCUT2D eigenvalue weighted by Crippen LogP contribution is 2.22. The van der Waals surface area contributed by atoms with E-state index in [9.17, 15) is 31.1 Å². The van der Waals surface area contributed by atoms with Crippen LogP contribution in [0, 0.1) is 0 Å². The van der Waals surface area contributed by atoms with Crippen LogP contribution in [0.5, 0.6) is 0 Å². The summed E-state index contributed by atoms with van der Waals surface area (Å²) in [6, 6.07) is -0.817. The van der Waals surface area contributed by atoms with Crippen molar-refractivity contribution in [1.29, 1.82) is 0 Å². The molecule has 9 heteroatoms. The Bertz CT molecular complexity index is 285. The van der Waals surface area contributed by atoms with Crippen LogP contribution in [0.1, 0.15) is 26.7 Å². The smallest absolute Gasteiger partial charge is 0.422 e. The Morgan fingerprint density at radius 2 is 1.53 bits per heavy atom. The number of amides is 1. The Morgan fingerprint density at radius 1 is 1.05 bits per heavy atom. The molecule has 0 aromatic rings. The van der Waals surface area contributed by atoms with Gasteiger partial charge in [0.2, 0.25) is 0 Å². The molecule has 0 aliphatic rings. The maximum absolute atomic E-state index is 12.3. The Kier molecular flexibility index (Phi) is 6.44. The molecule has 0 aliphatic carbocycles. The van der Waals surface area contributed by atoms with Crippen LogP contribution in [-0.2, 0) is 4.74 Å². The van der Waals surface area contributed by atoms with Crippen molar-refractivity contribution in [2.45, 2.75) is 45.1 Å². The van der Waals surface area contributed by atoms with Gasteiger partial charge in [-0.1, -0.05) is 13.8 Å². The lowest BCUT2D eigenvalue weighted by Crippen LogP contribution is -2.46. The van der Waals surface area contributed by atoms with E-state index in [1.165, 1.54) is 13.8 Å². The topological polar surface area (TPSA) is 29.5 Å². The quantitative estimate of drug-likeness (QED) is 0.723. The van der Waals surface area contributed by atoms with Gasteiger partial charge in [0, 0.05) is 6.04 Å². The average molecular weight is 295 g/mol. The van der Waals surface area contributed by atoms with Crippen LogP contribution < -0.4 is 0 Å². The molecule has 0 unspecified atom stereocenters. The van der Waals surface area contributed by atoms with Gasteiger partial charge in [-0.15, -0.1) is 0 Å². The third-order valence-electron chi connectivity index (χ3n) is 2.33. The highest BCUT2D eigenvalue weighted by molar-refractivity contribution is 5.68. The first-order valence-electron chi connectivity index (χ1n) is 5.57. The summed E-state index contributed by atoms with van der Waals surface area (Å²) >= 11 is 0. The van der Waals surface area contributed by atoms with Gasteiger partial charge in [-0.3, -0.25) is 4.90 Å². The summed E-state index contributed by atoms with van der Waals surface area (Å²) in [7, 11) is 0. The number of hydrogen-bond donors (Lipinski definition) is 0. The zero-order valence-electron chi connectivity index (χ0n) is 10.4. The van der Waals surface area contributed by atoms with Crippen LogP contribution in [0.3, 0.4) is 0 Å². The highest BCUT2D eigenvalue weighted by atomic mass is 19.4. The molecule has 0 N–H and O–H groups in total. The number of carbonyl (C=O) groups excluding carboxylic acids is 1. The third-order valence-corrected chi connectivity index (χ3v) is 2.33. The van der Waals surface area contributed by atoms with Crippen molar-refractivity contribution in [3.8, 4) is 0 Å². The second-order valence-corrected chi connectivity index (χ2v) is 3.88. The van der Waals surface area contributed by atoms with Gasteiger partial charge in [-0.05, 0) is 12.8 Å². The Hall–Kier alpha value is -1.15. The van der Waals surface area contributed by atoms with Gasteiger partial charge >= 0.3 is 18.4 Å². The summed E-state index contributed by atoms with van der Waals surface area (Å²) in [6.07, 6.45) is -10.7. The molecule has 0 fully saturated rings. The summed E-state index contributed by atoms with van der Waals surface area (Å²) in [6.45, 7) is -0.459. The fourth-order valence-electron chi connectivity index (χ4n) is 1.49. The molecule has 0 radical (unpaired) electrons. The summed E-state index contributed by atoms with van der Waals surface area (Å²) < 4.78 is 76.4. The molecule has 0 aromatic carbocycles. The van der Waals surface area contributed by atoms with Crippen LogP contribution in [0.15, 0.2) is 0 Å². The van der Waals surface area contributed by atoms with E-state index in [2.05, 4.69) is 4.74 Å². The number of ether oxygens (including phenoxy) is 1. The van der Waals surface area contributed by atoms with E-state index in [1.54, 1.807) is 0 Å². The zero-order valence-corrected chi connectivity index (χ0v) is 10.4. The predicted octanol–water partition coefficient (Wildman–Crippen LogP) is 3.74. The number of alkyl halides is 6. The minimum Gasteiger partial charge on any atom is -0.440 e. The fraction of sp³-hybridized carbons (Fsp3) is 0.900. The van der Waals surface area contributed by atoms with Crippen molar-refractivity contribution < 1.29 is 35.9 Å². The summed E-state index contributed by atoms with van der Waals surface area (Å²) in [5.41, 5.74) is 0. The second kappa shape index (κ2) is 6.85. The fourth-order valence-corrected chi connectivity index (χ4v) is 1.49. The number of hydrogen-bond acceptors (Lipinski definition) is 2. The molecule has 0 aliphatic heterocycles. The van der Waals surface area contributed by atoms with E-state index >= 15 is 0 Å². The Morgan fingerprint density at radius 3 is 1.84 bits per heavy atom. The average Bonchev–Trinajstić information content (AvgIpc) is 2.23. The normalized spacial score (nSPS) is 12.7. The van der Waals surface area contributed by atoms with Crippen LogP contribution in [0.25, 0.3) is 0 Å². The van der Waals surface area contributed by atoms with Gasteiger partial charge in [0.1, 0.15) is 6.54 Å². The number of nitrogens with zero attached hydrogens (tertiary/aromatic N) is 1. The van der Waals surface area contributed by atoms with Gasteiger partial charge in [0.25, 0.3) is 0 Å². The lowest BCUT2D eigenvalue weighted by molar-refractivity contribution is -0.169. The molecule has 0 saturated heterocycles. The highest BCUT2D eigenvalue weighted by Gasteiger charge is 2.38. The van der Waals surface area contributed by atoms with E-state index in [4.69, 9.17) is 0 Å². The van der Waals surface area contributed by atoms with E-state index < -0.39 is 37.6 Å². The number of carbonyl (C=O) groups is 1.